The molecule has 0 radical (unpaired) electrons. The van der Waals surface area contributed by atoms with E-state index in [1.54, 1.807) is 0 Å². The van der Waals surface area contributed by atoms with Gasteiger partial charge in [-0.15, -0.1) is 0 Å². The zero-order valence-electron chi connectivity index (χ0n) is 10.7. The predicted octanol–water partition coefficient (Wildman–Crippen LogP) is 2.61. The summed E-state index contributed by atoms with van der Waals surface area (Å²) in [6.45, 7) is 8.83. The van der Waals surface area contributed by atoms with Crippen molar-refractivity contribution in [3.05, 3.63) is 0 Å². The minimum atomic E-state index is -0.664. The van der Waals surface area contributed by atoms with Gasteiger partial charge in [-0.25, -0.2) is 0 Å². The summed E-state index contributed by atoms with van der Waals surface area (Å²) in [5.74, 6) is -0.664. The third-order valence-electron chi connectivity index (χ3n) is 3.70. The molecule has 0 saturated carbocycles. The van der Waals surface area contributed by atoms with E-state index in [1.807, 2.05) is 20.9 Å². The van der Waals surface area contributed by atoms with Crippen molar-refractivity contribution in [2.24, 2.45) is 5.41 Å². The van der Waals surface area contributed by atoms with Gasteiger partial charge in [-0.3, -0.25) is 4.79 Å². The van der Waals surface area contributed by atoms with Crippen LogP contribution in [0, 0.1) is 5.41 Å². The predicted molar refractivity (Wildman–Crippen MR) is 63.0 cm³/mol. The number of hydrogen-bond acceptors (Lipinski definition) is 2. The molecule has 0 bridgehead atoms. The van der Waals surface area contributed by atoms with Crippen LogP contribution in [0.3, 0.4) is 0 Å². The fourth-order valence-electron chi connectivity index (χ4n) is 1.79. The molecule has 3 nitrogen and oxygen atoms in total. The maximum atomic E-state index is 11.3. The monoisotopic (exact) mass is 215 g/mol. The van der Waals surface area contributed by atoms with Gasteiger partial charge < -0.3 is 10.0 Å². The molecule has 0 aromatic carbocycles. The number of rotatable bonds is 7. The summed E-state index contributed by atoms with van der Waals surface area (Å²) in [7, 11) is 2.01. The second-order valence-electron chi connectivity index (χ2n) is 4.46. The molecule has 0 aliphatic rings. The SMILES string of the molecule is CCC(C)N(C)CC(CC)(CC)C(=O)O. The average Bonchev–Trinajstić information content (AvgIpc) is 2.24. The molecular weight excluding hydrogens is 190 g/mol. The van der Waals surface area contributed by atoms with Crippen LogP contribution in [0.2, 0.25) is 0 Å². The van der Waals surface area contributed by atoms with Crippen LogP contribution in [-0.2, 0) is 4.79 Å². The summed E-state index contributed by atoms with van der Waals surface area (Å²) in [4.78, 5) is 13.5. The first kappa shape index (κ1) is 14.4. The van der Waals surface area contributed by atoms with Crippen molar-refractivity contribution in [1.82, 2.24) is 4.90 Å². The highest BCUT2D eigenvalue weighted by Gasteiger charge is 2.36. The van der Waals surface area contributed by atoms with Gasteiger partial charge >= 0.3 is 5.97 Å². The lowest BCUT2D eigenvalue weighted by atomic mass is 9.81. The lowest BCUT2D eigenvalue weighted by Crippen LogP contribution is -2.44. The van der Waals surface area contributed by atoms with Crippen molar-refractivity contribution in [3.8, 4) is 0 Å². The summed E-state index contributed by atoms with van der Waals surface area (Å²) in [5.41, 5.74) is -0.571. The van der Waals surface area contributed by atoms with E-state index in [9.17, 15) is 9.90 Å². The molecule has 0 aliphatic heterocycles. The Morgan fingerprint density at radius 3 is 2.07 bits per heavy atom. The van der Waals surface area contributed by atoms with E-state index in [1.165, 1.54) is 0 Å². The van der Waals surface area contributed by atoms with Gasteiger partial charge in [0, 0.05) is 12.6 Å². The zero-order valence-corrected chi connectivity index (χ0v) is 10.7. The van der Waals surface area contributed by atoms with Crippen LogP contribution in [0.15, 0.2) is 0 Å². The van der Waals surface area contributed by atoms with Gasteiger partial charge in [0.05, 0.1) is 5.41 Å². The Balaban J connectivity index is 4.60. The quantitative estimate of drug-likeness (QED) is 0.709. The van der Waals surface area contributed by atoms with Crippen molar-refractivity contribution in [2.75, 3.05) is 13.6 Å². The summed E-state index contributed by atoms with van der Waals surface area (Å²) in [6.07, 6.45) is 2.44. The second-order valence-corrected chi connectivity index (χ2v) is 4.46. The van der Waals surface area contributed by atoms with Crippen LogP contribution >= 0.6 is 0 Å². The molecule has 1 N–H and O–H groups in total. The Hall–Kier alpha value is -0.570. The van der Waals surface area contributed by atoms with Crippen LogP contribution in [-0.4, -0.2) is 35.6 Å². The zero-order chi connectivity index (χ0) is 12.1. The van der Waals surface area contributed by atoms with E-state index >= 15 is 0 Å². The lowest BCUT2D eigenvalue weighted by Gasteiger charge is -2.34. The van der Waals surface area contributed by atoms with Gasteiger partial charge in [0.25, 0.3) is 0 Å². The molecule has 0 heterocycles. The number of carbonyl (C=O) groups is 1. The molecule has 90 valence electrons. The first-order chi connectivity index (χ1) is 6.93. The number of hydrogen-bond donors (Lipinski definition) is 1. The van der Waals surface area contributed by atoms with Crippen LogP contribution in [0.25, 0.3) is 0 Å². The van der Waals surface area contributed by atoms with Gasteiger partial charge in [-0.05, 0) is 33.2 Å². The molecule has 0 spiro atoms. The van der Waals surface area contributed by atoms with Crippen LogP contribution < -0.4 is 0 Å². The highest BCUT2D eigenvalue weighted by molar-refractivity contribution is 5.74. The van der Waals surface area contributed by atoms with E-state index in [2.05, 4.69) is 18.7 Å². The number of carboxylic acids is 1. The highest BCUT2D eigenvalue weighted by atomic mass is 16.4. The van der Waals surface area contributed by atoms with E-state index in [-0.39, 0.29) is 0 Å². The lowest BCUT2D eigenvalue weighted by molar-refractivity contribution is -0.151. The molecule has 0 aromatic heterocycles. The molecule has 15 heavy (non-hydrogen) atoms. The molecule has 0 rings (SSSR count). The molecule has 0 aliphatic carbocycles. The van der Waals surface area contributed by atoms with Crippen LogP contribution in [0.5, 0.6) is 0 Å². The van der Waals surface area contributed by atoms with Gasteiger partial charge in [0.15, 0.2) is 0 Å². The maximum absolute atomic E-state index is 11.3. The minimum Gasteiger partial charge on any atom is -0.481 e. The molecule has 0 saturated heterocycles. The largest absolute Gasteiger partial charge is 0.481 e. The Morgan fingerprint density at radius 2 is 1.80 bits per heavy atom. The Bertz CT molecular complexity index is 200. The fourth-order valence-corrected chi connectivity index (χ4v) is 1.79. The van der Waals surface area contributed by atoms with Gasteiger partial charge in [-0.1, -0.05) is 20.8 Å². The maximum Gasteiger partial charge on any atom is 0.310 e. The number of aliphatic carboxylic acids is 1. The molecule has 3 heteroatoms. The third-order valence-corrected chi connectivity index (χ3v) is 3.70. The molecule has 0 fully saturated rings. The van der Waals surface area contributed by atoms with Gasteiger partial charge in [0.2, 0.25) is 0 Å². The van der Waals surface area contributed by atoms with Crippen molar-refractivity contribution >= 4 is 5.97 Å². The molecular formula is C12H25NO2. The van der Waals surface area contributed by atoms with E-state index in [4.69, 9.17) is 0 Å². The van der Waals surface area contributed by atoms with Crippen molar-refractivity contribution in [1.29, 1.82) is 0 Å². The minimum absolute atomic E-state index is 0.446. The van der Waals surface area contributed by atoms with Gasteiger partial charge in [-0.2, -0.15) is 0 Å². The highest BCUT2D eigenvalue weighted by Crippen LogP contribution is 2.28. The topological polar surface area (TPSA) is 40.5 Å². The van der Waals surface area contributed by atoms with Gasteiger partial charge in [0.1, 0.15) is 0 Å². The summed E-state index contributed by atoms with van der Waals surface area (Å²) in [6, 6.07) is 0.446. The fraction of sp³-hybridized carbons (Fsp3) is 0.917. The summed E-state index contributed by atoms with van der Waals surface area (Å²) in [5, 5.41) is 9.30. The Kier molecular flexibility index (Phi) is 5.88. The molecule has 0 amide bonds. The number of carboxylic acid groups (broad SMARTS) is 1. The normalized spacial score (nSPS) is 14.3. The molecule has 1 atom stereocenters. The van der Waals surface area contributed by atoms with E-state index in [0.717, 1.165) is 6.42 Å². The Morgan fingerprint density at radius 1 is 1.33 bits per heavy atom. The first-order valence-electron chi connectivity index (χ1n) is 5.87. The molecule has 1 unspecified atom stereocenters. The van der Waals surface area contributed by atoms with Crippen molar-refractivity contribution in [2.45, 2.75) is 53.0 Å². The van der Waals surface area contributed by atoms with Crippen LogP contribution in [0.4, 0.5) is 0 Å². The molecule has 0 aromatic rings. The Labute approximate surface area is 93.5 Å². The van der Waals surface area contributed by atoms with E-state index < -0.39 is 11.4 Å². The standard InChI is InChI=1S/C12H25NO2/c1-6-10(4)13(5)9-12(7-2,8-3)11(14)15/h10H,6-9H2,1-5H3,(H,14,15). The van der Waals surface area contributed by atoms with E-state index in [0.29, 0.717) is 25.4 Å². The first-order valence-corrected chi connectivity index (χ1v) is 5.87. The summed E-state index contributed by atoms with van der Waals surface area (Å²) < 4.78 is 0. The average molecular weight is 215 g/mol. The summed E-state index contributed by atoms with van der Waals surface area (Å²) >= 11 is 0. The smallest absolute Gasteiger partial charge is 0.310 e. The second kappa shape index (κ2) is 6.11. The number of nitrogens with zero attached hydrogens (tertiary/aromatic N) is 1. The van der Waals surface area contributed by atoms with Crippen molar-refractivity contribution in [3.63, 3.8) is 0 Å². The third kappa shape index (κ3) is 3.49. The van der Waals surface area contributed by atoms with Crippen LogP contribution in [0.1, 0.15) is 47.0 Å². The van der Waals surface area contributed by atoms with Crippen molar-refractivity contribution < 1.29 is 9.90 Å².